The van der Waals surface area contributed by atoms with Gasteiger partial charge >= 0.3 is 5.97 Å². The van der Waals surface area contributed by atoms with Crippen molar-refractivity contribution in [2.75, 3.05) is 11.5 Å². The van der Waals surface area contributed by atoms with Crippen molar-refractivity contribution in [2.45, 2.75) is 26.2 Å². The third-order valence-electron chi connectivity index (χ3n) is 5.69. The van der Waals surface area contributed by atoms with Crippen molar-refractivity contribution in [3.05, 3.63) is 78.2 Å². The van der Waals surface area contributed by atoms with Crippen molar-refractivity contribution >= 4 is 29.0 Å². The highest BCUT2D eigenvalue weighted by Gasteiger charge is 2.45. The Hall–Kier alpha value is -4.20. The molecule has 1 aromatic carbocycles. The van der Waals surface area contributed by atoms with E-state index in [0.29, 0.717) is 22.9 Å². The third-order valence-corrected chi connectivity index (χ3v) is 5.69. The molecule has 0 saturated carbocycles. The van der Waals surface area contributed by atoms with Gasteiger partial charge in [-0.15, -0.1) is 0 Å². The van der Waals surface area contributed by atoms with Gasteiger partial charge in [-0.05, 0) is 63.2 Å². The highest BCUT2D eigenvalue weighted by Crippen LogP contribution is 2.44. The van der Waals surface area contributed by atoms with Crippen molar-refractivity contribution in [3.8, 4) is 11.6 Å². The van der Waals surface area contributed by atoms with Crippen LogP contribution in [0.5, 0.6) is 11.6 Å². The quantitative estimate of drug-likeness (QED) is 0.418. The fraction of sp³-hybridized carbons (Fsp3) is 0.200. The monoisotopic (exact) mass is 442 g/mol. The van der Waals surface area contributed by atoms with Crippen LogP contribution < -0.4 is 9.64 Å². The average molecular weight is 442 g/mol. The molecule has 8 heteroatoms. The number of anilines is 2. The fourth-order valence-corrected chi connectivity index (χ4v) is 4.00. The zero-order valence-corrected chi connectivity index (χ0v) is 18.5. The summed E-state index contributed by atoms with van der Waals surface area (Å²) < 4.78 is 12.8. The van der Waals surface area contributed by atoms with Crippen LogP contribution in [0.25, 0.3) is 5.65 Å². The van der Waals surface area contributed by atoms with E-state index in [9.17, 15) is 9.59 Å². The van der Waals surface area contributed by atoms with Gasteiger partial charge in [0.15, 0.2) is 5.69 Å². The maximum absolute atomic E-state index is 13.1. The summed E-state index contributed by atoms with van der Waals surface area (Å²) in [6, 6.07) is 16.2. The molecule has 4 heterocycles. The summed E-state index contributed by atoms with van der Waals surface area (Å²) >= 11 is 0. The Kier molecular flexibility index (Phi) is 4.85. The lowest BCUT2D eigenvalue weighted by molar-refractivity contribution is -0.121. The summed E-state index contributed by atoms with van der Waals surface area (Å²) in [5.41, 5.74) is 1.69. The highest BCUT2D eigenvalue weighted by molar-refractivity contribution is 6.11. The number of pyridine rings is 2. The molecule has 1 aliphatic rings. The van der Waals surface area contributed by atoms with Crippen molar-refractivity contribution < 1.29 is 19.1 Å². The summed E-state index contributed by atoms with van der Waals surface area (Å²) in [6.07, 6.45) is 3.41. The smallest absolute Gasteiger partial charge is 0.361 e. The second-order valence-electron chi connectivity index (χ2n) is 8.15. The van der Waals surface area contributed by atoms with E-state index in [1.807, 2.05) is 32.0 Å². The summed E-state index contributed by atoms with van der Waals surface area (Å²) in [6.45, 7) is 5.78. The number of ether oxygens (including phenoxy) is 2. The van der Waals surface area contributed by atoms with Crippen LogP contribution in [0.4, 0.5) is 11.5 Å². The molecule has 5 rings (SSSR count). The van der Waals surface area contributed by atoms with Gasteiger partial charge in [0.1, 0.15) is 17.2 Å². The van der Waals surface area contributed by atoms with E-state index in [2.05, 4.69) is 9.97 Å². The standard InChI is InChI=1S/C25H22N4O4/c1-4-32-23(30)20-22(27-19-9-5-6-15-28(19)20)33-17-12-10-16(11-13-17)29-21-18(8-7-14-26-21)25(2,3)24(29)31/h5-15H,4H2,1-3H3. The number of aromatic nitrogens is 3. The molecule has 0 aliphatic carbocycles. The maximum Gasteiger partial charge on any atom is 0.361 e. The molecule has 8 nitrogen and oxygen atoms in total. The molecule has 0 spiro atoms. The average Bonchev–Trinajstić information content (AvgIpc) is 3.27. The lowest BCUT2D eigenvalue weighted by Crippen LogP contribution is -2.33. The molecule has 3 aromatic heterocycles. The molecule has 0 unspecified atom stereocenters. The molecule has 0 bridgehead atoms. The number of carbonyl (C=O) groups is 2. The first kappa shape index (κ1) is 20.7. The van der Waals surface area contributed by atoms with E-state index in [1.165, 1.54) is 0 Å². The first-order valence-electron chi connectivity index (χ1n) is 10.6. The SMILES string of the molecule is CCOC(=O)c1c(Oc2ccc(N3C(=O)C(C)(C)c4cccnc43)cc2)nc2ccccn12. The second-order valence-corrected chi connectivity index (χ2v) is 8.15. The van der Waals surface area contributed by atoms with Crippen LogP contribution in [0.3, 0.4) is 0 Å². The molecule has 0 radical (unpaired) electrons. The molecule has 0 fully saturated rings. The molecular formula is C25H22N4O4. The number of esters is 1. The number of fused-ring (bicyclic) bond motifs is 2. The van der Waals surface area contributed by atoms with Gasteiger partial charge in [-0.3, -0.25) is 14.1 Å². The number of hydrogen-bond donors (Lipinski definition) is 0. The Morgan fingerprint density at radius 1 is 1.06 bits per heavy atom. The van der Waals surface area contributed by atoms with E-state index < -0.39 is 11.4 Å². The summed E-state index contributed by atoms with van der Waals surface area (Å²) in [7, 11) is 0. The van der Waals surface area contributed by atoms with Gasteiger partial charge < -0.3 is 9.47 Å². The van der Waals surface area contributed by atoms with E-state index >= 15 is 0 Å². The van der Waals surface area contributed by atoms with Gasteiger partial charge in [0.05, 0.1) is 17.7 Å². The van der Waals surface area contributed by atoms with Crippen molar-refractivity contribution in [1.82, 2.24) is 14.4 Å². The van der Waals surface area contributed by atoms with Gasteiger partial charge in [-0.2, -0.15) is 4.98 Å². The number of benzene rings is 1. The first-order valence-corrected chi connectivity index (χ1v) is 10.6. The predicted octanol–water partition coefficient (Wildman–Crippen LogP) is 4.65. The zero-order chi connectivity index (χ0) is 23.2. The number of imidazole rings is 1. The largest absolute Gasteiger partial charge is 0.461 e. The number of carbonyl (C=O) groups excluding carboxylic acids is 2. The van der Waals surface area contributed by atoms with Crippen LogP contribution in [-0.4, -0.2) is 32.9 Å². The summed E-state index contributed by atoms with van der Waals surface area (Å²) in [5.74, 6) is 0.689. The number of nitrogens with zero attached hydrogens (tertiary/aromatic N) is 4. The molecular weight excluding hydrogens is 420 g/mol. The van der Waals surface area contributed by atoms with Crippen LogP contribution in [0.2, 0.25) is 0 Å². The van der Waals surface area contributed by atoms with Crippen molar-refractivity contribution in [3.63, 3.8) is 0 Å². The minimum absolute atomic E-state index is 0.0465. The summed E-state index contributed by atoms with van der Waals surface area (Å²) in [5, 5.41) is 0. The van der Waals surface area contributed by atoms with Gasteiger partial charge in [-0.1, -0.05) is 12.1 Å². The Morgan fingerprint density at radius 3 is 2.61 bits per heavy atom. The molecule has 1 aliphatic heterocycles. The second kappa shape index (κ2) is 7.74. The zero-order valence-electron chi connectivity index (χ0n) is 18.5. The topological polar surface area (TPSA) is 86.0 Å². The van der Waals surface area contributed by atoms with Crippen LogP contribution in [-0.2, 0) is 14.9 Å². The molecule has 4 aromatic rings. The number of hydrogen-bond acceptors (Lipinski definition) is 6. The van der Waals surface area contributed by atoms with Gasteiger partial charge in [0, 0.05) is 18.0 Å². The van der Waals surface area contributed by atoms with Gasteiger partial charge in [0.25, 0.3) is 5.88 Å². The minimum atomic E-state index is -0.663. The van der Waals surface area contributed by atoms with E-state index in [0.717, 1.165) is 5.56 Å². The maximum atomic E-state index is 13.1. The van der Waals surface area contributed by atoms with Crippen LogP contribution >= 0.6 is 0 Å². The molecule has 33 heavy (non-hydrogen) atoms. The predicted molar refractivity (Wildman–Crippen MR) is 122 cm³/mol. The Balaban J connectivity index is 1.48. The normalized spacial score (nSPS) is 14.4. The lowest BCUT2D eigenvalue weighted by atomic mass is 9.87. The number of amides is 1. The van der Waals surface area contributed by atoms with Crippen LogP contribution in [0, 0.1) is 0 Å². The van der Waals surface area contributed by atoms with Gasteiger partial charge in [-0.25, -0.2) is 9.78 Å². The van der Waals surface area contributed by atoms with E-state index in [-0.39, 0.29) is 24.1 Å². The molecule has 0 atom stereocenters. The van der Waals surface area contributed by atoms with E-state index in [4.69, 9.17) is 9.47 Å². The molecule has 0 N–H and O–H groups in total. The Morgan fingerprint density at radius 2 is 1.85 bits per heavy atom. The number of rotatable bonds is 5. The fourth-order valence-electron chi connectivity index (χ4n) is 4.00. The molecule has 1 amide bonds. The van der Waals surface area contributed by atoms with Gasteiger partial charge in [0.2, 0.25) is 5.91 Å². The first-order chi connectivity index (χ1) is 15.9. The molecule has 166 valence electrons. The molecule has 0 saturated heterocycles. The highest BCUT2D eigenvalue weighted by atomic mass is 16.5. The van der Waals surface area contributed by atoms with Crippen LogP contribution in [0.1, 0.15) is 36.8 Å². The third kappa shape index (κ3) is 3.31. The Labute approximate surface area is 190 Å². The minimum Gasteiger partial charge on any atom is -0.461 e. The van der Waals surface area contributed by atoms with E-state index in [1.54, 1.807) is 65.0 Å². The van der Waals surface area contributed by atoms with Crippen LogP contribution in [0.15, 0.2) is 67.0 Å². The van der Waals surface area contributed by atoms with Crippen molar-refractivity contribution in [1.29, 1.82) is 0 Å². The summed E-state index contributed by atoms with van der Waals surface area (Å²) in [4.78, 5) is 36.2. The lowest BCUT2D eigenvalue weighted by Gasteiger charge is -2.20. The Bertz CT molecular complexity index is 1370. The van der Waals surface area contributed by atoms with Crippen molar-refractivity contribution in [2.24, 2.45) is 0 Å².